The minimum absolute atomic E-state index is 0.118. The van der Waals surface area contributed by atoms with Gasteiger partial charge >= 0.3 is 10.3 Å². The Morgan fingerprint density at radius 3 is 2.59 bits per heavy atom. The molecule has 2 heterocycles. The Kier molecular flexibility index (Phi) is 2.67. The van der Waals surface area contributed by atoms with Crippen molar-refractivity contribution in [3.8, 4) is 17.2 Å². The topological polar surface area (TPSA) is 73.9 Å². The van der Waals surface area contributed by atoms with Gasteiger partial charge in [0.1, 0.15) is 5.75 Å². The van der Waals surface area contributed by atoms with E-state index in [2.05, 4.69) is 4.72 Å². The van der Waals surface area contributed by atoms with Gasteiger partial charge in [-0.1, -0.05) is 30.3 Å². The third-order valence-electron chi connectivity index (χ3n) is 3.89. The number of hydrogen-bond donors (Lipinski definition) is 1. The molecule has 2 aromatic carbocycles. The molecule has 0 aliphatic carbocycles. The van der Waals surface area contributed by atoms with Crippen molar-refractivity contribution < 1.29 is 22.1 Å². The summed E-state index contributed by atoms with van der Waals surface area (Å²) >= 11 is 0. The van der Waals surface area contributed by atoms with E-state index >= 15 is 0 Å². The van der Waals surface area contributed by atoms with E-state index in [0.29, 0.717) is 28.4 Å². The molecule has 7 heteroatoms. The van der Waals surface area contributed by atoms with Crippen molar-refractivity contribution in [2.24, 2.45) is 0 Å². The molecule has 0 saturated carbocycles. The summed E-state index contributed by atoms with van der Waals surface area (Å²) in [6, 6.07) is 12.4. The summed E-state index contributed by atoms with van der Waals surface area (Å²) in [6.45, 7) is 1.90. The van der Waals surface area contributed by atoms with Gasteiger partial charge in [-0.2, -0.15) is 13.1 Å². The zero-order valence-corrected chi connectivity index (χ0v) is 12.5. The van der Waals surface area contributed by atoms with Gasteiger partial charge < -0.3 is 13.7 Å². The van der Waals surface area contributed by atoms with Gasteiger partial charge in [0.05, 0.1) is 5.54 Å². The van der Waals surface area contributed by atoms with E-state index in [1.165, 1.54) is 0 Å². The average Bonchev–Trinajstić information content (AvgIpc) is 2.94. The maximum atomic E-state index is 12.1. The molecule has 0 aromatic heterocycles. The first kappa shape index (κ1) is 13.4. The maximum absolute atomic E-state index is 12.1. The van der Waals surface area contributed by atoms with Crippen molar-refractivity contribution in [2.45, 2.75) is 12.5 Å². The molecule has 6 nitrogen and oxygen atoms in total. The minimum atomic E-state index is -3.92. The van der Waals surface area contributed by atoms with Crippen molar-refractivity contribution in [3.05, 3.63) is 53.6 Å². The highest BCUT2D eigenvalue weighted by Gasteiger charge is 2.44. The van der Waals surface area contributed by atoms with E-state index < -0.39 is 15.8 Å². The Labute approximate surface area is 127 Å². The molecule has 0 unspecified atom stereocenters. The van der Waals surface area contributed by atoms with Gasteiger partial charge in [0.2, 0.25) is 6.79 Å². The molecule has 0 amide bonds. The lowest BCUT2D eigenvalue weighted by Gasteiger charge is -2.36. The lowest BCUT2D eigenvalue weighted by atomic mass is 9.84. The summed E-state index contributed by atoms with van der Waals surface area (Å²) in [7, 11) is -3.92. The molecular formula is C15H13NO5S. The van der Waals surface area contributed by atoms with E-state index in [9.17, 15) is 8.42 Å². The summed E-state index contributed by atoms with van der Waals surface area (Å²) in [6.07, 6.45) is 0. The normalized spacial score (nSPS) is 24.4. The highest BCUT2D eigenvalue weighted by molar-refractivity contribution is 7.85. The summed E-state index contributed by atoms with van der Waals surface area (Å²) in [4.78, 5) is 0. The van der Waals surface area contributed by atoms with Crippen LogP contribution in [0.5, 0.6) is 17.2 Å². The van der Waals surface area contributed by atoms with Crippen LogP contribution in [-0.2, 0) is 15.8 Å². The van der Waals surface area contributed by atoms with Crippen LogP contribution in [-0.4, -0.2) is 15.2 Å². The van der Waals surface area contributed by atoms with Crippen LogP contribution >= 0.6 is 0 Å². The number of para-hydroxylation sites is 2. The summed E-state index contributed by atoms with van der Waals surface area (Å²) in [5, 5.41) is 0. The van der Waals surface area contributed by atoms with Crippen LogP contribution in [0.15, 0.2) is 42.5 Å². The van der Waals surface area contributed by atoms with Gasteiger partial charge in [0.15, 0.2) is 11.5 Å². The first-order valence-electron chi connectivity index (χ1n) is 6.72. The standard InChI is InChI=1S/C15H13NO5S/c1-15(11-6-4-8-13-14(11)20-9-19-13)10-5-2-3-7-12(10)21-22(17,18)16-15/h2-8,16H,9H2,1H3/t15-/m0/s1. The Bertz CT molecular complexity index is 864. The molecule has 4 rings (SSSR count). The number of benzene rings is 2. The van der Waals surface area contributed by atoms with Gasteiger partial charge in [-0.3, -0.25) is 0 Å². The highest BCUT2D eigenvalue weighted by atomic mass is 32.2. The van der Waals surface area contributed by atoms with Crippen molar-refractivity contribution in [3.63, 3.8) is 0 Å². The molecule has 0 bridgehead atoms. The first-order chi connectivity index (χ1) is 10.5. The molecule has 2 aliphatic rings. The molecule has 1 atom stereocenters. The quantitative estimate of drug-likeness (QED) is 0.869. The molecule has 114 valence electrons. The smallest absolute Gasteiger partial charge is 0.383 e. The van der Waals surface area contributed by atoms with Crippen LogP contribution in [0.2, 0.25) is 0 Å². The number of fused-ring (bicyclic) bond motifs is 2. The lowest BCUT2D eigenvalue weighted by molar-refractivity contribution is 0.172. The fourth-order valence-electron chi connectivity index (χ4n) is 2.92. The Hall–Kier alpha value is -2.25. The monoisotopic (exact) mass is 319 g/mol. The van der Waals surface area contributed by atoms with Crippen LogP contribution in [0.1, 0.15) is 18.1 Å². The largest absolute Gasteiger partial charge is 0.454 e. The molecule has 2 aromatic rings. The van der Waals surface area contributed by atoms with Crippen molar-refractivity contribution in [2.75, 3.05) is 6.79 Å². The van der Waals surface area contributed by atoms with Crippen molar-refractivity contribution >= 4 is 10.3 Å². The fourth-order valence-corrected chi connectivity index (χ4v) is 4.06. The number of rotatable bonds is 1. The van der Waals surface area contributed by atoms with Crippen LogP contribution in [0.4, 0.5) is 0 Å². The molecule has 1 N–H and O–H groups in total. The second kappa shape index (κ2) is 4.37. The van der Waals surface area contributed by atoms with Gasteiger partial charge in [-0.05, 0) is 19.1 Å². The minimum Gasteiger partial charge on any atom is -0.454 e. The molecule has 0 radical (unpaired) electrons. The zero-order valence-electron chi connectivity index (χ0n) is 11.7. The summed E-state index contributed by atoms with van der Waals surface area (Å²) < 4.78 is 42.7. The SMILES string of the molecule is C[C@]1(c2cccc3c2OCO3)NS(=O)(=O)Oc2ccccc21. The van der Waals surface area contributed by atoms with Crippen LogP contribution in [0, 0.1) is 0 Å². The molecule has 2 aliphatic heterocycles. The van der Waals surface area contributed by atoms with Crippen molar-refractivity contribution in [1.82, 2.24) is 4.72 Å². The predicted octanol–water partition coefficient (Wildman–Crippen LogP) is 1.91. The van der Waals surface area contributed by atoms with E-state index in [0.717, 1.165) is 0 Å². The Morgan fingerprint density at radius 1 is 1.00 bits per heavy atom. The highest BCUT2D eigenvalue weighted by Crippen LogP contribution is 2.47. The third-order valence-corrected chi connectivity index (χ3v) is 4.95. The Balaban J connectivity index is 1.99. The number of nitrogens with one attached hydrogen (secondary N) is 1. The fraction of sp³-hybridized carbons (Fsp3) is 0.200. The van der Waals surface area contributed by atoms with Gasteiger partial charge in [0, 0.05) is 11.1 Å². The van der Waals surface area contributed by atoms with E-state index in [1.54, 1.807) is 31.2 Å². The number of ether oxygens (including phenoxy) is 2. The van der Waals surface area contributed by atoms with Gasteiger partial charge in [-0.25, -0.2) is 0 Å². The molecular weight excluding hydrogens is 306 g/mol. The first-order valence-corrected chi connectivity index (χ1v) is 8.12. The average molecular weight is 319 g/mol. The summed E-state index contributed by atoms with van der Waals surface area (Å²) in [5.41, 5.74) is 0.391. The van der Waals surface area contributed by atoms with Crippen LogP contribution < -0.4 is 18.4 Å². The molecule has 0 fully saturated rings. The predicted molar refractivity (Wildman–Crippen MR) is 78.1 cm³/mol. The second-order valence-corrected chi connectivity index (χ2v) is 6.58. The van der Waals surface area contributed by atoms with E-state index in [4.69, 9.17) is 13.7 Å². The van der Waals surface area contributed by atoms with Crippen LogP contribution in [0.3, 0.4) is 0 Å². The van der Waals surface area contributed by atoms with E-state index in [-0.39, 0.29) is 6.79 Å². The van der Waals surface area contributed by atoms with Crippen molar-refractivity contribution in [1.29, 1.82) is 0 Å². The van der Waals surface area contributed by atoms with Gasteiger partial charge in [0.25, 0.3) is 0 Å². The van der Waals surface area contributed by atoms with Crippen LogP contribution in [0.25, 0.3) is 0 Å². The lowest BCUT2D eigenvalue weighted by Crippen LogP contribution is -2.49. The summed E-state index contributed by atoms with van der Waals surface area (Å²) in [5.74, 6) is 1.45. The second-order valence-electron chi connectivity index (χ2n) is 5.30. The molecule has 0 spiro atoms. The maximum Gasteiger partial charge on any atom is 0.383 e. The van der Waals surface area contributed by atoms with E-state index in [1.807, 2.05) is 18.2 Å². The third kappa shape index (κ3) is 1.86. The number of hydrogen-bond acceptors (Lipinski definition) is 5. The van der Waals surface area contributed by atoms with Gasteiger partial charge in [-0.15, -0.1) is 0 Å². The molecule has 0 saturated heterocycles. The zero-order chi connectivity index (χ0) is 15.4. The molecule has 22 heavy (non-hydrogen) atoms. The Morgan fingerprint density at radius 2 is 1.73 bits per heavy atom.